The first-order valence-corrected chi connectivity index (χ1v) is 11.6. The summed E-state index contributed by atoms with van der Waals surface area (Å²) < 4.78 is 21.2. The molecule has 32 heavy (non-hydrogen) atoms. The van der Waals surface area contributed by atoms with E-state index in [0.717, 1.165) is 75.1 Å². The molecule has 7 heteroatoms. The minimum absolute atomic E-state index is 0.198. The van der Waals surface area contributed by atoms with Gasteiger partial charge in [0.25, 0.3) is 0 Å². The molecule has 5 nitrogen and oxygen atoms in total. The van der Waals surface area contributed by atoms with Crippen molar-refractivity contribution in [2.24, 2.45) is 0 Å². The van der Waals surface area contributed by atoms with Gasteiger partial charge >= 0.3 is 0 Å². The van der Waals surface area contributed by atoms with Crippen molar-refractivity contribution in [2.75, 3.05) is 45.2 Å². The molecule has 1 saturated heterocycles. The maximum Gasteiger partial charge on any atom is 0.147 e. The minimum Gasteiger partial charge on any atom is -0.497 e. The molecule has 0 atom stereocenters. The van der Waals surface area contributed by atoms with Crippen LogP contribution in [0.4, 0.5) is 10.1 Å². The third-order valence-electron chi connectivity index (χ3n) is 6.45. The van der Waals surface area contributed by atoms with Crippen molar-refractivity contribution in [1.82, 2.24) is 14.9 Å². The van der Waals surface area contributed by atoms with Gasteiger partial charge in [0.15, 0.2) is 0 Å². The van der Waals surface area contributed by atoms with Crippen LogP contribution in [0.1, 0.15) is 0 Å². The number of rotatable bonds is 3. The number of benzene rings is 2. The third-order valence-corrected chi connectivity index (χ3v) is 7.34. The molecule has 0 radical (unpaired) electrons. The highest BCUT2D eigenvalue weighted by Gasteiger charge is 2.25. The number of ether oxygens (including phenoxy) is 1. The zero-order valence-electron chi connectivity index (χ0n) is 18.0. The van der Waals surface area contributed by atoms with Gasteiger partial charge < -0.3 is 19.5 Å². The number of hydrogen-bond donors (Lipinski definition) is 1. The molecule has 0 bridgehead atoms. The SMILES string of the molecule is COc1ccc2[nH]c3c4cc(F)c(N5CCN(C)CC5)c(-c5cccs5)c4ncc3c2c1. The summed E-state index contributed by atoms with van der Waals surface area (Å²) in [7, 11) is 3.77. The van der Waals surface area contributed by atoms with Crippen LogP contribution in [0.2, 0.25) is 0 Å². The molecule has 1 N–H and O–H groups in total. The summed E-state index contributed by atoms with van der Waals surface area (Å²) in [6.07, 6.45) is 1.90. The molecule has 0 unspecified atom stereocenters. The number of methoxy groups -OCH3 is 1. The molecule has 1 aliphatic heterocycles. The fraction of sp³-hybridized carbons (Fsp3) is 0.240. The molecule has 2 aromatic carbocycles. The molecule has 5 aromatic rings. The highest BCUT2D eigenvalue weighted by Crippen LogP contribution is 2.43. The Morgan fingerprint density at radius 1 is 1.06 bits per heavy atom. The zero-order valence-corrected chi connectivity index (χ0v) is 18.8. The minimum atomic E-state index is -0.198. The lowest BCUT2D eigenvalue weighted by Crippen LogP contribution is -2.45. The fourth-order valence-corrected chi connectivity index (χ4v) is 5.51. The number of hydrogen-bond acceptors (Lipinski definition) is 5. The number of thiophene rings is 1. The van der Waals surface area contributed by atoms with E-state index in [-0.39, 0.29) is 5.82 Å². The monoisotopic (exact) mass is 446 g/mol. The predicted octanol–water partition coefficient (Wildman–Crippen LogP) is 5.50. The number of aromatic nitrogens is 2. The number of piperazine rings is 1. The number of pyridine rings is 1. The molecule has 0 spiro atoms. The van der Waals surface area contributed by atoms with Crippen LogP contribution in [-0.2, 0) is 0 Å². The molecular formula is C25H23FN4OS. The lowest BCUT2D eigenvalue weighted by molar-refractivity contribution is 0.312. The highest BCUT2D eigenvalue weighted by atomic mass is 32.1. The van der Waals surface area contributed by atoms with Crippen molar-refractivity contribution in [1.29, 1.82) is 0 Å². The van der Waals surface area contributed by atoms with Crippen LogP contribution >= 0.6 is 11.3 Å². The van der Waals surface area contributed by atoms with E-state index >= 15 is 4.39 Å². The van der Waals surface area contributed by atoms with E-state index in [1.807, 2.05) is 35.8 Å². The Morgan fingerprint density at radius 3 is 2.66 bits per heavy atom. The quantitative estimate of drug-likeness (QED) is 0.398. The second kappa shape index (κ2) is 7.46. The van der Waals surface area contributed by atoms with Crippen molar-refractivity contribution < 1.29 is 9.13 Å². The Hall–Kier alpha value is -3.16. The second-order valence-electron chi connectivity index (χ2n) is 8.33. The van der Waals surface area contributed by atoms with Crippen molar-refractivity contribution in [2.45, 2.75) is 0 Å². The second-order valence-corrected chi connectivity index (χ2v) is 9.28. The van der Waals surface area contributed by atoms with Crippen LogP contribution in [0, 0.1) is 5.82 Å². The molecule has 3 aromatic heterocycles. The molecule has 0 saturated carbocycles. The topological polar surface area (TPSA) is 44.4 Å². The van der Waals surface area contributed by atoms with Crippen molar-refractivity contribution in [3.05, 3.63) is 53.8 Å². The summed E-state index contributed by atoms with van der Waals surface area (Å²) in [5.41, 5.74) is 4.26. The number of aromatic amines is 1. The molecule has 6 rings (SSSR count). The molecule has 162 valence electrons. The summed E-state index contributed by atoms with van der Waals surface area (Å²) in [4.78, 5) is 13.9. The van der Waals surface area contributed by atoms with Gasteiger partial charge in [0, 0.05) is 64.5 Å². The number of fused-ring (bicyclic) bond motifs is 5. The van der Waals surface area contributed by atoms with Gasteiger partial charge in [-0.15, -0.1) is 11.3 Å². The first-order valence-electron chi connectivity index (χ1n) is 10.7. The first kappa shape index (κ1) is 19.5. The van der Waals surface area contributed by atoms with Crippen LogP contribution in [0.5, 0.6) is 5.75 Å². The number of halogens is 1. The number of nitrogens with one attached hydrogen (secondary N) is 1. The largest absolute Gasteiger partial charge is 0.497 e. The molecule has 0 amide bonds. The normalized spacial score (nSPS) is 15.3. The highest BCUT2D eigenvalue weighted by molar-refractivity contribution is 7.13. The lowest BCUT2D eigenvalue weighted by atomic mass is 10.0. The Labute approximate surface area is 189 Å². The van der Waals surface area contributed by atoms with Gasteiger partial charge in [-0.1, -0.05) is 6.07 Å². The van der Waals surface area contributed by atoms with Gasteiger partial charge in [-0.25, -0.2) is 4.39 Å². The Bertz CT molecular complexity index is 1450. The molecule has 1 fully saturated rings. The molecule has 4 heterocycles. The van der Waals surface area contributed by atoms with Crippen molar-refractivity contribution in [3.8, 4) is 16.2 Å². The van der Waals surface area contributed by atoms with Crippen LogP contribution in [-0.4, -0.2) is 55.2 Å². The average Bonchev–Trinajstić information content (AvgIpc) is 3.46. The van der Waals surface area contributed by atoms with Crippen LogP contribution in [0.3, 0.4) is 0 Å². The molecular weight excluding hydrogens is 423 g/mol. The van der Waals surface area contributed by atoms with E-state index < -0.39 is 0 Å². The zero-order chi connectivity index (χ0) is 21.8. The Balaban J connectivity index is 1.66. The van der Waals surface area contributed by atoms with E-state index in [1.54, 1.807) is 24.5 Å². The maximum absolute atomic E-state index is 15.8. The maximum atomic E-state index is 15.8. The summed E-state index contributed by atoms with van der Waals surface area (Å²) in [5, 5.41) is 4.83. The Kier molecular flexibility index (Phi) is 4.55. The van der Waals surface area contributed by atoms with Gasteiger partial charge in [0.05, 0.1) is 23.8 Å². The van der Waals surface area contributed by atoms with E-state index in [0.29, 0.717) is 5.69 Å². The number of nitrogens with zero attached hydrogens (tertiary/aromatic N) is 3. The van der Waals surface area contributed by atoms with E-state index in [1.165, 1.54) is 0 Å². The smallest absolute Gasteiger partial charge is 0.147 e. The summed E-state index contributed by atoms with van der Waals surface area (Å²) >= 11 is 1.62. The lowest BCUT2D eigenvalue weighted by Gasteiger charge is -2.35. The number of H-pyrrole nitrogens is 1. The summed E-state index contributed by atoms with van der Waals surface area (Å²) in [6.45, 7) is 3.42. The van der Waals surface area contributed by atoms with Gasteiger partial charge in [0.2, 0.25) is 0 Å². The Morgan fingerprint density at radius 2 is 1.91 bits per heavy atom. The average molecular weight is 447 g/mol. The third kappa shape index (κ3) is 2.96. The standard InChI is InChI=1S/C25H23FN4OS/c1-29-7-9-30(10-8-29)25-19(26)13-17-23-18(16-12-15(31-2)5-6-20(16)28-23)14-27-24(17)22(25)21-4-3-11-32-21/h3-6,11-14,28H,7-10H2,1-2H3. The van der Waals surface area contributed by atoms with Crippen molar-refractivity contribution in [3.63, 3.8) is 0 Å². The number of likely N-dealkylation sites (N-methyl/N-ethyl adjacent to an activating group) is 1. The molecule has 1 aliphatic rings. The van der Waals surface area contributed by atoms with Crippen molar-refractivity contribution >= 4 is 49.7 Å². The summed E-state index contributed by atoms with van der Waals surface area (Å²) in [6, 6.07) is 11.6. The van der Waals surface area contributed by atoms with E-state index in [2.05, 4.69) is 27.9 Å². The van der Waals surface area contributed by atoms with Crippen LogP contribution < -0.4 is 9.64 Å². The van der Waals surface area contributed by atoms with E-state index in [4.69, 9.17) is 9.72 Å². The van der Waals surface area contributed by atoms with Crippen LogP contribution in [0.15, 0.2) is 48.0 Å². The summed E-state index contributed by atoms with van der Waals surface area (Å²) in [5.74, 6) is 0.588. The van der Waals surface area contributed by atoms with Gasteiger partial charge in [-0.2, -0.15) is 0 Å². The van der Waals surface area contributed by atoms with Gasteiger partial charge in [-0.3, -0.25) is 4.98 Å². The van der Waals surface area contributed by atoms with Gasteiger partial charge in [-0.05, 0) is 42.8 Å². The van der Waals surface area contributed by atoms with Crippen LogP contribution in [0.25, 0.3) is 43.1 Å². The fourth-order valence-electron chi connectivity index (χ4n) is 4.74. The predicted molar refractivity (Wildman–Crippen MR) is 131 cm³/mol. The molecule has 0 aliphatic carbocycles. The first-order chi connectivity index (χ1) is 15.6. The van der Waals surface area contributed by atoms with E-state index in [9.17, 15) is 0 Å². The van der Waals surface area contributed by atoms with Gasteiger partial charge in [0.1, 0.15) is 11.6 Å². The number of anilines is 1.